The van der Waals surface area contributed by atoms with Gasteiger partial charge in [0, 0.05) is 24.5 Å². The van der Waals surface area contributed by atoms with Gasteiger partial charge in [0.05, 0.1) is 5.69 Å². The van der Waals surface area contributed by atoms with Gasteiger partial charge in [0.2, 0.25) is 5.91 Å². The molecule has 3 N–H and O–H groups in total. The monoisotopic (exact) mass is 385 g/mol. The smallest absolute Gasteiger partial charge is 0.246 e. The first kappa shape index (κ1) is 19.8. The van der Waals surface area contributed by atoms with Crippen LogP contribution in [-0.4, -0.2) is 29.6 Å². The number of nitrogens with one attached hydrogen (secondary N) is 1. The van der Waals surface area contributed by atoms with Gasteiger partial charge in [-0.05, 0) is 37.5 Å². The van der Waals surface area contributed by atoms with Gasteiger partial charge in [-0.1, -0.05) is 12.1 Å². The van der Waals surface area contributed by atoms with Crippen molar-refractivity contribution in [3.05, 3.63) is 46.2 Å². The molecule has 2 heterocycles. The molecule has 8 heteroatoms. The molecule has 25 heavy (non-hydrogen) atoms. The van der Waals surface area contributed by atoms with Crippen LogP contribution in [0.1, 0.15) is 29.0 Å². The van der Waals surface area contributed by atoms with E-state index in [1.807, 2.05) is 13.0 Å². The molecule has 0 atom stereocenters. The highest BCUT2D eigenvalue weighted by atomic mass is 35.5. The Morgan fingerprint density at radius 2 is 2.16 bits per heavy atom. The first-order valence-electron chi connectivity index (χ1n) is 7.85. The topological polar surface area (TPSA) is 77.2 Å². The molecule has 0 aliphatic carbocycles. The van der Waals surface area contributed by atoms with Crippen LogP contribution in [0.15, 0.2) is 24.3 Å². The van der Waals surface area contributed by atoms with Crippen LogP contribution in [0.5, 0.6) is 0 Å². The fraction of sp³-hybridized carbons (Fsp3) is 0.412. The lowest BCUT2D eigenvalue weighted by Gasteiger charge is -2.31. The number of aromatic nitrogens is 1. The van der Waals surface area contributed by atoms with Gasteiger partial charge < -0.3 is 15.8 Å². The summed E-state index contributed by atoms with van der Waals surface area (Å²) in [4.78, 5) is 17.8. The van der Waals surface area contributed by atoms with Crippen molar-refractivity contribution in [2.45, 2.75) is 31.7 Å². The molecule has 0 spiro atoms. The third-order valence-electron chi connectivity index (χ3n) is 4.20. The lowest BCUT2D eigenvalue weighted by molar-refractivity contribution is -0.124. The molecule has 1 aromatic carbocycles. The van der Waals surface area contributed by atoms with Crippen molar-refractivity contribution in [3.63, 3.8) is 0 Å². The van der Waals surface area contributed by atoms with E-state index in [4.69, 9.17) is 10.5 Å². The molecular formula is C17H21ClFN3O2S. The second-order valence-electron chi connectivity index (χ2n) is 6.06. The van der Waals surface area contributed by atoms with Crippen LogP contribution in [0.3, 0.4) is 0 Å². The molecule has 0 radical (unpaired) electrons. The van der Waals surface area contributed by atoms with Crippen LogP contribution in [0.2, 0.25) is 0 Å². The maximum absolute atomic E-state index is 13.3. The predicted molar refractivity (Wildman–Crippen MR) is 98.9 cm³/mol. The SMILES string of the molecule is Cc1nc(NC(=O)C2(N)CCOCC2)sc1Cc1cccc(F)c1.Cl. The molecule has 1 aliphatic heterocycles. The molecule has 1 aromatic heterocycles. The Kier molecular flexibility index (Phi) is 6.51. The quantitative estimate of drug-likeness (QED) is 0.848. The summed E-state index contributed by atoms with van der Waals surface area (Å²) in [5.41, 5.74) is 6.98. The molecule has 3 rings (SSSR count). The van der Waals surface area contributed by atoms with E-state index in [-0.39, 0.29) is 24.1 Å². The number of carbonyl (C=O) groups excluding carboxylic acids is 1. The first-order chi connectivity index (χ1) is 11.5. The summed E-state index contributed by atoms with van der Waals surface area (Å²) in [6.45, 7) is 2.87. The van der Waals surface area contributed by atoms with Crippen molar-refractivity contribution >= 4 is 34.8 Å². The van der Waals surface area contributed by atoms with Gasteiger partial charge in [-0.2, -0.15) is 0 Å². The largest absolute Gasteiger partial charge is 0.381 e. The molecule has 2 aromatic rings. The number of benzene rings is 1. The summed E-state index contributed by atoms with van der Waals surface area (Å²) in [6.07, 6.45) is 1.58. The second-order valence-corrected chi connectivity index (χ2v) is 7.14. The molecule has 1 aliphatic rings. The van der Waals surface area contributed by atoms with Crippen LogP contribution in [-0.2, 0) is 16.0 Å². The van der Waals surface area contributed by atoms with Gasteiger partial charge in [-0.25, -0.2) is 9.37 Å². The predicted octanol–water partition coefficient (Wildman–Crippen LogP) is 3.05. The third kappa shape index (κ3) is 4.76. The fourth-order valence-corrected chi connectivity index (χ4v) is 3.65. The van der Waals surface area contributed by atoms with Crippen molar-refractivity contribution in [3.8, 4) is 0 Å². The van der Waals surface area contributed by atoms with E-state index < -0.39 is 5.54 Å². The lowest BCUT2D eigenvalue weighted by atomic mass is 9.90. The highest BCUT2D eigenvalue weighted by Gasteiger charge is 2.36. The zero-order valence-electron chi connectivity index (χ0n) is 13.9. The Morgan fingerprint density at radius 3 is 2.84 bits per heavy atom. The standard InChI is InChI=1S/C17H20FN3O2S.ClH/c1-11-14(10-12-3-2-4-13(18)9-12)24-16(20-11)21-15(22)17(19)5-7-23-8-6-17;/h2-4,9H,5-8,10,19H2,1H3,(H,20,21,22);1H. The average molecular weight is 386 g/mol. The number of carbonyl (C=O) groups is 1. The number of aryl methyl sites for hydroxylation is 1. The first-order valence-corrected chi connectivity index (χ1v) is 8.67. The van der Waals surface area contributed by atoms with Crippen LogP contribution in [0.4, 0.5) is 9.52 Å². The Morgan fingerprint density at radius 1 is 1.44 bits per heavy atom. The number of anilines is 1. The van der Waals surface area contributed by atoms with Crippen LogP contribution >= 0.6 is 23.7 Å². The number of hydrogen-bond acceptors (Lipinski definition) is 5. The minimum absolute atomic E-state index is 0. The molecular weight excluding hydrogens is 365 g/mol. The summed E-state index contributed by atoms with van der Waals surface area (Å²) < 4.78 is 18.6. The van der Waals surface area contributed by atoms with Gasteiger partial charge >= 0.3 is 0 Å². The van der Waals surface area contributed by atoms with E-state index in [9.17, 15) is 9.18 Å². The Balaban J connectivity index is 0.00000225. The minimum Gasteiger partial charge on any atom is -0.381 e. The summed E-state index contributed by atoms with van der Waals surface area (Å²) in [5.74, 6) is -0.482. The number of nitrogens with zero attached hydrogens (tertiary/aromatic N) is 1. The minimum atomic E-state index is -0.902. The second kappa shape index (κ2) is 8.23. The Bertz CT molecular complexity index is 747. The zero-order chi connectivity index (χ0) is 17.2. The number of rotatable bonds is 4. The van der Waals surface area contributed by atoms with Crippen molar-refractivity contribution in [2.75, 3.05) is 18.5 Å². The number of thiazole rings is 1. The molecule has 5 nitrogen and oxygen atoms in total. The van der Waals surface area contributed by atoms with Crippen molar-refractivity contribution in [1.82, 2.24) is 4.98 Å². The number of nitrogens with two attached hydrogens (primary N) is 1. The van der Waals surface area contributed by atoms with Crippen molar-refractivity contribution in [2.24, 2.45) is 5.73 Å². The molecule has 136 valence electrons. The van der Waals surface area contributed by atoms with E-state index in [0.717, 1.165) is 16.1 Å². The number of halogens is 2. The van der Waals surface area contributed by atoms with E-state index in [2.05, 4.69) is 10.3 Å². The number of amides is 1. The van der Waals surface area contributed by atoms with Gasteiger partial charge in [-0.3, -0.25) is 4.79 Å². The summed E-state index contributed by atoms with van der Waals surface area (Å²) in [6, 6.07) is 6.49. The zero-order valence-corrected chi connectivity index (χ0v) is 15.5. The maximum Gasteiger partial charge on any atom is 0.246 e. The third-order valence-corrected chi connectivity index (χ3v) is 5.28. The lowest BCUT2D eigenvalue weighted by Crippen LogP contribution is -2.54. The maximum atomic E-state index is 13.3. The van der Waals surface area contributed by atoms with Crippen molar-refractivity contribution in [1.29, 1.82) is 0 Å². The molecule has 0 bridgehead atoms. The summed E-state index contributed by atoms with van der Waals surface area (Å²) in [7, 11) is 0. The van der Waals surface area contributed by atoms with E-state index in [1.165, 1.54) is 23.5 Å². The summed E-state index contributed by atoms with van der Waals surface area (Å²) in [5, 5.41) is 3.35. The van der Waals surface area contributed by atoms with Crippen LogP contribution < -0.4 is 11.1 Å². The molecule has 0 unspecified atom stereocenters. The fourth-order valence-electron chi connectivity index (χ4n) is 2.66. The number of hydrogen-bond donors (Lipinski definition) is 2. The van der Waals surface area contributed by atoms with Gasteiger partial charge in [0.15, 0.2) is 5.13 Å². The van der Waals surface area contributed by atoms with Gasteiger partial charge in [0.1, 0.15) is 11.4 Å². The van der Waals surface area contributed by atoms with E-state index >= 15 is 0 Å². The van der Waals surface area contributed by atoms with Crippen LogP contribution in [0, 0.1) is 12.7 Å². The van der Waals surface area contributed by atoms with Crippen LogP contribution in [0.25, 0.3) is 0 Å². The van der Waals surface area contributed by atoms with Crippen molar-refractivity contribution < 1.29 is 13.9 Å². The number of ether oxygens (including phenoxy) is 1. The molecule has 0 saturated carbocycles. The Hall–Kier alpha value is -1.54. The highest BCUT2D eigenvalue weighted by Crippen LogP contribution is 2.27. The van der Waals surface area contributed by atoms with E-state index in [1.54, 1.807) is 6.07 Å². The molecule has 1 fully saturated rings. The molecule has 1 amide bonds. The van der Waals surface area contributed by atoms with Gasteiger partial charge in [-0.15, -0.1) is 23.7 Å². The summed E-state index contributed by atoms with van der Waals surface area (Å²) >= 11 is 1.40. The highest BCUT2D eigenvalue weighted by molar-refractivity contribution is 7.15. The van der Waals surface area contributed by atoms with Gasteiger partial charge in [0.25, 0.3) is 0 Å². The Labute approximate surface area is 156 Å². The molecule has 1 saturated heterocycles. The normalized spacial score (nSPS) is 16.1. The van der Waals surface area contributed by atoms with E-state index in [0.29, 0.717) is 37.6 Å². The average Bonchev–Trinajstić information content (AvgIpc) is 2.87.